The van der Waals surface area contributed by atoms with Crippen molar-refractivity contribution in [1.29, 1.82) is 0 Å². The summed E-state index contributed by atoms with van der Waals surface area (Å²) in [6.07, 6.45) is 10.1. The van der Waals surface area contributed by atoms with Crippen LogP contribution in [0.4, 0.5) is 0 Å². The molecule has 121 valence electrons. The SMILES string of the molecule is [CH2]CCCCCCCCC[Si](OCC)(OCC)OCC. The van der Waals surface area contributed by atoms with E-state index in [1.54, 1.807) is 0 Å². The molecule has 0 atom stereocenters. The Hall–Kier alpha value is 0.0969. The van der Waals surface area contributed by atoms with Gasteiger partial charge in [-0.25, -0.2) is 0 Å². The standard InChI is InChI=1S/C16H35O3Si/c1-5-9-10-11-12-13-14-15-16-20(17-6-2,18-7-3)19-8-4/h1,5-16H2,2-4H3. The molecule has 0 aromatic heterocycles. The lowest BCUT2D eigenvalue weighted by molar-refractivity contribution is 0.0706. The molecule has 0 saturated heterocycles. The minimum atomic E-state index is -2.38. The Labute approximate surface area is 127 Å². The minimum absolute atomic E-state index is 0.678. The molecule has 0 aromatic carbocycles. The Morgan fingerprint density at radius 1 is 0.650 bits per heavy atom. The molecular weight excluding hydrogens is 268 g/mol. The van der Waals surface area contributed by atoms with Crippen molar-refractivity contribution in [2.45, 2.75) is 78.2 Å². The van der Waals surface area contributed by atoms with Gasteiger partial charge in [0, 0.05) is 25.9 Å². The van der Waals surface area contributed by atoms with Gasteiger partial charge >= 0.3 is 8.80 Å². The fraction of sp³-hybridized carbons (Fsp3) is 0.938. The molecule has 0 amide bonds. The van der Waals surface area contributed by atoms with Crippen LogP contribution in [0.3, 0.4) is 0 Å². The monoisotopic (exact) mass is 303 g/mol. The molecular formula is C16H35O3Si. The van der Waals surface area contributed by atoms with Crippen LogP contribution in [-0.4, -0.2) is 28.6 Å². The van der Waals surface area contributed by atoms with Crippen molar-refractivity contribution < 1.29 is 13.3 Å². The molecule has 0 unspecified atom stereocenters. The molecule has 0 saturated carbocycles. The van der Waals surface area contributed by atoms with Gasteiger partial charge < -0.3 is 13.3 Å². The maximum Gasteiger partial charge on any atom is 0.500 e. The van der Waals surface area contributed by atoms with Crippen molar-refractivity contribution in [3.05, 3.63) is 6.92 Å². The molecule has 0 N–H and O–H groups in total. The summed E-state index contributed by atoms with van der Waals surface area (Å²) in [5.74, 6) is 0. The summed E-state index contributed by atoms with van der Waals surface area (Å²) in [7, 11) is -2.38. The largest absolute Gasteiger partial charge is 0.500 e. The topological polar surface area (TPSA) is 27.7 Å². The molecule has 0 aliphatic rings. The Bertz CT molecular complexity index is 183. The lowest BCUT2D eigenvalue weighted by atomic mass is 10.1. The van der Waals surface area contributed by atoms with Crippen molar-refractivity contribution in [2.24, 2.45) is 0 Å². The molecule has 0 aliphatic heterocycles. The van der Waals surface area contributed by atoms with Gasteiger partial charge in [-0.1, -0.05) is 51.9 Å². The van der Waals surface area contributed by atoms with Crippen molar-refractivity contribution in [1.82, 2.24) is 0 Å². The first-order valence-electron chi connectivity index (χ1n) is 8.45. The van der Waals surface area contributed by atoms with Gasteiger partial charge in [0.2, 0.25) is 0 Å². The van der Waals surface area contributed by atoms with E-state index in [0.717, 1.165) is 18.9 Å². The van der Waals surface area contributed by atoms with Gasteiger partial charge in [0.15, 0.2) is 0 Å². The van der Waals surface area contributed by atoms with Crippen molar-refractivity contribution >= 4 is 8.80 Å². The second kappa shape index (κ2) is 14.1. The first kappa shape index (κ1) is 20.1. The highest BCUT2D eigenvalue weighted by atomic mass is 28.4. The molecule has 1 radical (unpaired) electrons. The lowest BCUT2D eigenvalue weighted by Crippen LogP contribution is -2.45. The molecule has 0 spiro atoms. The predicted octanol–water partition coefficient (Wildman–Crippen LogP) is 4.99. The third-order valence-electron chi connectivity index (χ3n) is 3.33. The lowest BCUT2D eigenvalue weighted by Gasteiger charge is -2.28. The van der Waals surface area contributed by atoms with Crippen LogP contribution in [0.1, 0.15) is 72.1 Å². The van der Waals surface area contributed by atoms with E-state index in [9.17, 15) is 0 Å². The maximum absolute atomic E-state index is 5.86. The number of hydrogen-bond acceptors (Lipinski definition) is 3. The Morgan fingerprint density at radius 3 is 1.45 bits per heavy atom. The Balaban J connectivity index is 3.82. The highest BCUT2D eigenvalue weighted by Gasteiger charge is 2.39. The summed E-state index contributed by atoms with van der Waals surface area (Å²) in [5.41, 5.74) is 0. The average Bonchev–Trinajstić information content (AvgIpc) is 2.43. The van der Waals surface area contributed by atoms with Gasteiger partial charge in [0.1, 0.15) is 0 Å². The van der Waals surface area contributed by atoms with Gasteiger partial charge in [-0.3, -0.25) is 0 Å². The van der Waals surface area contributed by atoms with Crippen LogP contribution in [-0.2, 0) is 13.3 Å². The second-order valence-corrected chi connectivity index (χ2v) is 7.79. The Morgan fingerprint density at radius 2 is 1.05 bits per heavy atom. The Kier molecular flexibility index (Phi) is 14.1. The number of unbranched alkanes of at least 4 members (excludes halogenated alkanes) is 7. The highest BCUT2D eigenvalue weighted by Crippen LogP contribution is 2.20. The summed E-state index contributed by atoms with van der Waals surface area (Å²) < 4.78 is 17.6. The quantitative estimate of drug-likeness (QED) is 0.315. The predicted molar refractivity (Wildman–Crippen MR) is 87.7 cm³/mol. The molecule has 0 aromatic rings. The fourth-order valence-electron chi connectivity index (χ4n) is 2.40. The van der Waals surface area contributed by atoms with E-state index in [4.69, 9.17) is 13.3 Å². The van der Waals surface area contributed by atoms with Crippen molar-refractivity contribution in [2.75, 3.05) is 19.8 Å². The van der Waals surface area contributed by atoms with Gasteiger partial charge in [0.05, 0.1) is 0 Å². The smallest absolute Gasteiger partial charge is 0.374 e. The first-order valence-corrected chi connectivity index (χ1v) is 10.4. The third kappa shape index (κ3) is 9.92. The highest BCUT2D eigenvalue weighted by molar-refractivity contribution is 6.60. The van der Waals surface area contributed by atoms with Crippen LogP contribution in [0.5, 0.6) is 0 Å². The summed E-state index contributed by atoms with van der Waals surface area (Å²) in [6, 6.07) is 0.960. The summed E-state index contributed by atoms with van der Waals surface area (Å²) >= 11 is 0. The van der Waals surface area contributed by atoms with Crippen LogP contribution in [0.15, 0.2) is 0 Å². The third-order valence-corrected chi connectivity index (χ3v) is 6.48. The van der Waals surface area contributed by atoms with E-state index < -0.39 is 8.80 Å². The van der Waals surface area contributed by atoms with E-state index in [1.807, 2.05) is 20.8 Å². The molecule has 0 fully saturated rings. The minimum Gasteiger partial charge on any atom is -0.374 e. The van der Waals surface area contributed by atoms with Crippen LogP contribution < -0.4 is 0 Å². The molecule has 3 nitrogen and oxygen atoms in total. The van der Waals surface area contributed by atoms with Crippen LogP contribution in [0.2, 0.25) is 6.04 Å². The van der Waals surface area contributed by atoms with Crippen molar-refractivity contribution in [3.8, 4) is 0 Å². The molecule has 0 heterocycles. The molecule has 0 aliphatic carbocycles. The first-order chi connectivity index (χ1) is 9.74. The van der Waals surface area contributed by atoms with E-state index in [-0.39, 0.29) is 0 Å². The van der Waals surface area contributed by atoms with Crippen LogP contribution >= 0.6 is 0 Å². The second-order valence-electron chi connectivity index (χ2n) is 5.06. The van der Waals surface area contributed by atoms with Gasteiger partial charge in [-0.2, -0.15) is 0 Å². The molecule has 0 rings (SSSR count). The number of rotatable bonds is 15. The summed E-state index contributed by atoms with van der Waals surface area (Å²) in [5, 5.41) is 0. The number of hydrogen-bond donors (Lipinski definition) is 0. The van der Waals surface area contributed by atoms with E-state index >= 15 is 0 Å². The normalized spacial score (nSPS) is 12.0. The molecule has 20 heavy (non-hydrogen) atoms. The summed E-state index contributed by atoms with van der Waals surface area (Å²) in [4.78, 5) is 0. The maximum atomic E-state index is 5.86. The van der Waals surface area contributed by atoms with Gasteiger partial charge in [-0.05, 0) is 27.2 Å². The zero-order valence-electron chi connectivity index (χ0n) is 13.9. The van der Waals surface area contributed by atoms with Crippen molar-refractivity contribution in [3.63, 3.8) is 0 Å². The van der Waals surface area contributed by atoms with Crippen LogP contribution in [0, 0.1) is 6.92 Å². The van der Waals surface area contributed by atoms with Crippen LogP contribution in [0.25, 0.3) is 0 Å². The average molecular weight is 304 g/mol. The van der Waals surface area contributed by atoms with Gasteiger partial charge in [-0.15, -0.1) is 0 Å². The zero-order valence-corrected chi connectivity index (χ0v) is 14.9. The van der Waals surface area contributed by atoms with E-state index in [2.05, 4.69) is 6.92 Å². The zero-order chi connectivity index (χ0) is 15.1. The molecule has 0 bridgehead atoms. The summed E-state index contributed by atoms with van der Waals surface area (Å²) in [6.45, 7) is 12.0. The molecule has 4 heteroatoms. The van der Waals surface area contributed by atoms with E-state index in [1.165, 1.54) is 38.5 Å². The van der Waals surface area contributed by atoms with E-state index in [0.29, 0.717) is 19.8 Å². The fourth-order valence-corrected chi connectivity index (χ4v) is 5.09. The van der Waals surface area contributed by atoms with Gasteiger partial charge in [0.25, 0.3) is 0 Å².